The number of ether oxygens (including phenoxy) is 2. The largest absolute Gasteiger partial charge is 0.506 e. The number of allylic oxidation sites excluding steroid dienone is 1. The average molecular weight is 303 g/mol. The molecule has 2 radical (unpaired) electrons. The highest BCUT2D eigenvalue weighted by molar-refractivity contribution is 7.55. The summed E-state index contributed by atoms with van der Waals surface area (Å²) in [6, 6.07) is -0.897. The van der Waals surface area contributed by atoms with Gasteiger partial charge >= 0.3 is 7.60 Å². The van der Waals surface area contributed by atoms with Crippen LogP contribution in [0.3, 0.4) is 0 Å². The van der Waals surface area contributed by atoms with Gasteiger partial charge in [-0.05, 0) is 33.1 Å². The molecular formula is C11H19BNO6P. The van der Waals surface area contributed by atoms with Gasteiger partial charge in [0, 0.05) is 12.4 Å². The molecule has 0 bridgehead atoms. The number of rotatable bonds is 7. The molecule has 9 heteroatoms. The van der Waals surface area contributed by atoms with Gasteiger partial charge in [0.15, 0.2) is 11.5 Å². The van der Waals surface area contributed by atoms with Gasteiger partial charge in [-0.3, -0.25) is 4.57 Å². The molecule has 0 saturated heterocycles. The Morgan fingerprint density at radius 2 is 2.15 bits per heavy atom. The van der Waals surface area contributed by atoms with Crippen LogP contribution in [0.15, 0.2) is 23.4 Å². The first-order valence-electron chi connectivity index (χ1n) is 6.07. The van der Waals surface area contributed by atoms with Crippen molar-refractivity contribution >= 4 is 15.4 Å². The van der Waals surface area contributed by atoms with Gasteiger partial charge < -0.3 is 29.3 Å². The van der Waals surface area contributed by atoms with Crippen molar-refractivity contribution < 1.29 is 28.9 Å². The Morgan fingerprint density at radius 3 is 2.70 bits per heavy atom. The number of nitrogens with zero attached hydrogens (tertiary/aromatic N) is 1. The van der Waals surface area contributed by atoms with Crippen LogP contribution < -0.4 is 0 Å². The van der Waals surface area contributed by atoms with Crippen LogP contribution in [0.5, 0.6) is 0 Å². The van der Waals surface area contributed by atoms with Crippen LogP contribution in [0.1, 0.15) is 6.42 Å². The van der Waals surface area contributed by atoms with E-state index >= 15 is 0 Å². The number of aliphatic hydroxyl groups excluding tert-OH is 1. The molecule has 112 valence electrons. The summed E-state index contributed by atoms with van der Waals surface area (Å²) in [7, 11) is 5.21. The fourth-order valence-electron chi connectivity index (χ4n) is 1.62. The van der Waals surface area contributed by atoms with E-state index in [-0.39, 0.29) is 11.5 Å². The summed E-state index contributed by atoms with van der Waals surface area (Å²) in [5.41, 5.74) is 0. The van der Waals surface area contributed by atoms with Gasteiger partial charge in [-0.25, -0.2) is 0 Å². The maximum Gasteiger partial charge on any atom is 0.349 e. The first kappa shape index (κ1) is 17.3. The van der Waals surface area contributed by atoms with Crippen molar-refractivity contribution in [2.75, 3.05) is 27.2 Å². The molecule has 1 aliphatic heterocycles. The molecule has 0 spiro atoms. The van der Waals surface area contributed by atoms with Gasteiger partial charge in [-0.2, -0.15) is 0 Å². The van der Waals surface area contributed by atoms with Crippen molar-refractivity contribution in [2.45, 2.75) is 18.5 Å². The van der Waals surface area contributed by atoms with Gasteiger partial charge in [-0.1, -0.05) is 0 Å². The highest BCUT2D eigenvalue weighted by Gasteiger charge is 2.33. The van der Waals surface area contributed by atoms with Crippen molar-refractivity contribution in [3.05, 3.63) is 23.4 Å². The van der Waals surface area contributed by atoms with E-state index in [1.54, 1.807) is 0 Å². The zero-order valence-electron chi connectivity index (χ0n) is 11.5. The SMILES string of the molecule is [B][C@@H]1OC(/C=C/P(=O)(O)O)=C(O)C1OCCCN(C)C. The zero-order valence-corrected chi connectivity index (χ0v) is 12.4. The van der Waals surface area contributed by atoms with E-state index in [0.717, 1.165) is 19.0 Å². The van der Waals surface area contributed by atoms with Crippen LogP contribution in [0.4, 0.5) is 0 Å². The Hall–Kier alpha value is -0.785. The van der Waals surface area contributed by atoms with E-state index < -0.39 is 19.7 Å². The Balaban J connectivity index is 2.57. The van der Waals surface area contributed by atoms with Gasteiger partial charge in [0.2, 0.25) is 0 Å². The Bertz CT molecular complexity index is 433. The minimum Gasteiger partial charge on any atom is -0.506 e. The summed E-state index contributed by atoms with van der Waals surface area (Å²) in [5.74, 6) is 0.296. The lowest BCUT2D eigenvalue weighted by Crippen LogP contribution is -2.29. The van der Waals surface area contributed by atoms with E-state index in [1.165, 1.54) is 0 Å². The van der Waals surface area contributed by atoms with E-state index in [1.807, 2.05) is 19.0 Å². The molecular weight excluding hydrogens is 284 g/mol. The highest BCUT2D eigenvalue weighted by atomic mass is 31.2. The number of aliphatic hydroxyl groups is 1. The second-order valence-electron chi connectivity index (χ2n) is 4.69. The third-order valence-electron chi connectivity index (χ3n) is 2.55. The molecule has 1 heterocycles. The van der Waals surface area contributed by atoms with Gasteiger partial charge in [0.1, 0.15) is 14.0 Å². The van der Waals surface area contributed by atoms with E-state index in [2.05, 4.69) is 0 Å². The Kier molecular flexibility index (Phi) is 6.29. The topological polar surface area (TPSA) is 99.5 Å². The molecule has 1 rings (SSSR count). The standard InChI is InChI=1S/C11H19BNO6P/c1-13(2)5-3-6-18-10-9(14)8(19-11(10)12)4-7-20(15,16)17/h4,7,10-11,14H,3,5-6H2,1-2H3,(H2,15,16,17)/b7-4+/t10?,11-/m1/s1. The molecule has 1 aliphatic rings. The lowest BCUT2D eigenvalue weighted by Gasteiger charge is -2.17. The third-order valence-corrected chi connectivity index (χ3v) is 3.09. The van der Waals surface area contributed by atoms with Crippen LogP contribution >= 0.6 is 7.60 Å². The highest BCUT2D eigenvalue weighted by Crippen LogP contribution is 2.37. The van der Waals surface area contributed by atoms with Crippen molar-refractivity contribution in [3.8, 4) is 0 Å². The predicted octanol–water partition coefficient (Wildman–Crippen LogP) is 0.309. The Morgan fingerprint density at radius 1 is 1.50 bits per heavy atom. The molecule has 0 aliphatic carbocycles. The summed E-state index contributed by atoms with van der Waals surface area (Å²) in [6.07, 6.45) is 0.935. The summed E-state index contributed by atoms with van der Waals surface area (Å²) in [5, 5.41) is 9.86. The summed E-state index contributed by atoms with van der Waals surface area (Å²) < 4.78 is 21.2. The van der Waals surface area contributed by atoms with Crippen LogP contribution in [-0.4, -0.2) is 67.0 Å². The summed E-state index contributed by atoms with van der Waals surface area (Å²) in [4.78, 5) is 19.4. The minimum atomic E-state index is -4.31. The maximum absolute atomic E-state index is 10.7. The summed E-state index contributed by atoms with van der Waals surface area (Å²) in [6.45, 7) is 1.22. The predicted molar refractivity (Wildman–Crippen MR) is 74.4 cm³/mol. The molecule has 20 heavy (non-hydrogen) atoms. The molecule has 1 unspecified atom stereocenters. The molecule has 0 saturated carbocycles. The molecule has 0 fully saturated rings. The quantitative estimate of drug-likeness (QED) is 0.353. The second-order valence-corrected chi connectivity index (χ2v) is 6.16. The van der Waals surface area contributed by atoms with Gasteiger partial charge in [0.05, 0.1) is 6.00 Å². The number of hydrogen-bond acceptors (Lipinski definition) is 5. The third kappa shape index (κ3) is 5.69. The second kappa shape index (κ2) is 7.29. The van der Waals surface area contributed by atoms with Gasteiger partial charge in [-0.15, -0.1) is 0 Å². The fourth-order valence-corrected chi connectivity index (χ4v) is 1.95. The molecule has 0 aromatic rings. The van der Waals surface area contributed by atoms with Crippen molar-refractivity contribution in [1.29, 1.82) is 0 Å². The Labute approximate surface area is 119 Å². The maximum atomic E-state index is 10.7. The van der Waals surface area contributed by atoms with Gasteiger partial charge in [0.25, 0.3) is 0 Å². The van der Waals surface area contributed by atoms with Crippen molar-refractivity contribution in [1.82, 2.24) is 4.90 Å². The van der Waals surface area contributed by atoms with Crippen molar-refractivity contribution in [2.24, 2.45) is 0 Å². The zero-order chi connectivity index (χ0) is 15.3. The lowest BCUT2D eigenvalue weighted by atomic mass is 9.94. The molecule has 7 nitrogen and oxygen atoms in total. The summed E-state index contributed by atoms with van der Waals surface area (Å²) >= 11 is 0. The smallest absolute Gasteiger partial charge is 0.349 e. The molecule has 0 aromatic carbocycles. The lowest BCUT2D eigenvalue weighted by molar-refractivity contribution is 0.0142. The molecule has 0 amide bonds. The molecule has 2 atom stereocenters. The molecule has 3 N–H and O–H groups in total. The first-order chi connectivity index (χ1) is 9.20. The average Bonchev–Trinajstić information content (AvgIpc) is 2.57. The monoisotopic (exact) mass is 303 g/mol. The van der Waals surface area contributed by atoms with Crippen LogP contribution in [0.25, 0.3) is 0 Å². The normalized spacial score (nSPS) is 23.9. The molecule has 0 aromatic heterocycles. The number of hydrogen-bond donors (Lipinski definition) is 3. The van der Waals surface area contributed by atoms with Crippen molar-refractivity contribution in [3.63, 3.8) is 0 Å². The first-order valence-corrected chi connectivity index (χ1v) is 7.75. The van der Waals surface area contributed by atoms with Crippen LogP contribution in [-0.2, 0) is 14.0 Å². The van der Waals surface area contributed by atoms with Crippen LogP contribution in [0.2, 0.25) is 0 Å². The van der Waals surface area contributed by atoms with E-state index in [9.17, 15) is 9.67 Å². The van der Waals surface area contributed by atoms with E-state index in [0.29, 0.717) is 12.4 Å². The fraction of sp³-hybridized carbons (Fsp3) is 0.636. The van der Waals surface area contributed by atoms with E-state index in [4.69, 9.17) is 27.1 Å². The van der Waals surface area contributed by atoms with Crippen LogP contribution in [0, 0.1) is 0 Å². The minimum absolute atomic E-state index is 0.0848.